The summed E-state index contributed by atoms with van der Waals surface area (Å²) in [6.07, 6.45) is -7.45. The lowest BCUT2D eigenvalue weighted by atomic mass is 10.0. The normalized spacial score (nSPS) is 18.6. The molecule has 0 aromatic rings. The van der Waals surface area contributed by atoms with Crippen LogP contribution in [0.15, 0.2) is 0 Å². The lowest BCUT2D eigenvalue weighted by molar-refractivity contribution is -0.172. The summed E-state index contributed by atoms with van der Waals surface area (Å²) in [5.41, 5.74) is 0. The number of aliphatic hydroxyl groups excluding tert-OH is 7. The van der Waals surface area contributed by atoms with Crippen molar-refractivity contribution >= 4 is 5.97 Å². The second-order valence-corrected chi connectivity index (χ2v) is 4.68. The average molecular weight is 312 g/mol. The van der Waals surface area contributed by atoms with Gasteiger partial charge in [0.25, 0.3) is 0 Å². The van der Waals surface area contributed by atoms with Crippen molar-refractivity contribution in [1.29, 1.82) is 0 Å². The average Bonchev–Trinajstić information content (AvgIpc) is 2.49. The van der Waals surface area contributed by atoms with Crippen LogP contribution >= 0.6 is 0 Å². The first-order chi connectivity index (χ1) is 9.84. The Morgan fingerprint density at radius 1 is 0.952 bits per heavy atom. The van der Waals surface area contributed by atoms with Gasteiger partial charge in [0.1, 0.15) is 24.9 Å². The van der Waals surface area contributed by atoms with E-state index in [0.29, 0.717) is 19.3 Å². The van der Waals surface area contributed by atoms with Gasteiger partial charge in [-0.2, -0.15) is 0 Å². The predicted octanol–water partition coefficient (Wildman–Crippen LogP) is -3.51. The minimum Gasteiger partial charge on any atom is -0.461 e. The van der Waals surface area contributed by atoms with Crippen molar-refractivity contribution in [3.8, 4) is 0 Å². The van der Waals surface area contributed by atoms with E-state index in [4.69, 9.17) is 15.3 Å². The van der Waals surface area contributed by atoms with E-state index in [0.717, 1.165) is 0 Å². The van der Waals surface area contributed by atoms with Crippen molar-refractivity contribution < 1.29 is 45.3 Å². The predicted molar refractivity (Wildman–Crippen MR) is 69.0 cm³/mol. The van der Waals surface area contributed by atoms with Crippen molar-refractivity contribution in [2.75, 3.05) is 19.8 Å². The van der Waals surface area contributed by atoms with Gasteiger partial charge in [-0.1, -0.05) is 0 Å². The Bertz CT molecular complexity index is 286. The summed E-state index contributed by atoms with van der Waals surface area (Å²) in [6, 6.07) is 0. The van der Waals surface area contributed by atoms with E-state index in [1.54, 1.807) is 0 Å². The molecule has 1 unspecified atom stereocenters. The van der Waals surface area contributed by atoms with E-state index < -0.39 is 49.7 Å². The zero-order valence-electron chi connectivity index (χ0n) is 11.6. The van der Waals surface area contributed by atoms with Gasteiger partial charge in [0.05, 0.1) is 12.7 Å². The van der Waals surface area contributed by atoms with Crippen molar-refractivity contribution in [3.63, 3.8) is 0 Å². The van der Waals surface area contributed by atoms with Gasteiger partial charge in [-0.05, 0) is 19.3 Å². The van der Waals surface area contributed by atoms with Crippen LogP contribution in [0.5, 0.6) is 0 Å². The molecule has 0 fully saturated rings. The Hall–Kier alpha value is -0.810. The number of aliphatic hydroxyl groups is 7. The number of hydrogen-bond donors (Lipinski definition) is 7. The maximum Gasteiger partial charge on any atom is 0.337 e. The maximum absolute atomic E-state index is 11.4. The number of carbonyl (C=O) groups is 1. The fourth-order valence-electron chi connectivity index (χ4n) is 1.50. The molecular formula is C12H24O9. The van der Waals surface area contributed by atoms with Crippen LogP contribution < -0.4 is 0 Å². The van der Waals surface area contributed by atoms with Gasteiger partial charge in [-0.15, -0.1) is 0 Å². The second kappa shape index (κ2) is 10.9. The highest BCUT2D eigenvalue weighted by atomic mass is 16.6. The van der Waals surface area contributed by atoms with Gasteiger partial charge in [-0.25, -0.2) is 4.79 Å². The summed E-state index contributed by atoms with van der Waals surface area (Å²) in [5.74, 6) is -1.27. The van der Waals surface area contributed by atoms with Crippen LogP contribution in [-0.2, 0) is 9.53 Å². The molecule has 0 amide bonds. The minimum atomic E-state index is -2.12. The zero-order valence-corrected chi connectivity index (χ0v) is 11.6. The summed E-state index contributed by atoms with van der Waals surface area (Å²) >= 11 is 0. The van der Waals surface area contributed by atoms with Crippen LogP contribution in [0.4, 0.5) is 0 Å². The smallest absolute Gasteiger partial charge is 0.337 e. The quantitative estimate of drug-likeness (QED) is 0.151. The Morgan fingerprint density at radius 3 is 2.10 bits per heavy atom. The van der Waals surface area contributed by atoms with Gasteiger partial charge in [0.15, 0.2) is 6.10 Å². The van der Waals surface area contributed by atoms with Crippen LogP contribution in [0.25, 0.3) is 0 Å². The van der Waals surface area contributed by atoms with Gasteiger partial charge >= 0.3 is 5.97 Å². The summed E-state index contributed by atoms with van der Waals surface area (Å²) in [7, 11) is 0. The molecule has 0 saturated carbocycles. The monoisotopic (exact) mass is 312 g/mol. The Morgan fingerprint density at radius 2 is 1.57 bits per heavy atom. The standard InChI is InChI=1S/C12H24O9/c13-4-2-1-3-7(15)6-21-12(20)11(19)10(18)9(17)8(16)5-14/h7-11,13-19H,1-6H2/t7?,8-,9-,10+,11-/m1/s1. The van der Waals surface area contributed by atoms with E-state index in [2.05, 4.69) is 4.74 Å². The van der Waals surface area contributed by atoms with E-state index in [1.165, 1.54) is 0 Å². The van der Waals surface area contributed by atoms with Gasteiger partial charge < -0.3 is 40.5 Å². The molecule has 126 valence electrons. The molecule has 0 rings (SSSR count). The van der Waals surface area contributed by atoms with E-state index in [-0.39, 0.29) is 6.61 Å². The van der Waals surface area contributed by atoms with E-state index in [9.17, 15) is 25.2 Å². The summed E-state index contributed by atoms with van der Waals surface area (Å²) in [6.45, 7) is -1.28. The second-order valence-electron chi connectivity index (χ2n) is 4.68. The summed E-state index contributed by atoms with van der Waals surface area (Å²) in [4.78, 5) is 11.4. The molecule has 0 aliphatic carbocycles. The number of ether oxygens (including phenoxy) is 1. The first-order valence-electron chi connectivity index (χ1n) is 6.63. The molecule has 0 aliphatic heterocycles. The number of unbranched alkanes of at least 4 members (excludes halogenated alkanes) is 1. The fraction of sp³-hybridized carbons (Fsp3) is 0.917. The van der Waals surface area contributed by atoms with Crippen LogP contribution in [0, 0.1) is 0 Å². The van der Waals surface area contributed by atoms with Gasteiger partial charge in [0.2, 0.25) is 0 Å². The SMILES string of the molecule is O=C(OCC(O)CCCCO)[C@H](O)[C@@H](O)[C@H](O)[C@H](O)CO. The number of esters is 1. The lowest BCUT2D eigenvalue weighted by Gasteiger charge is -2.24. The van der Waals surface area contributed by atoms with Crippen LogP contribution in [-0.4, -0.2) is 92.1 Å². The number of rotatable bonds is 11. The Labute approximate surface area is 122 Å². The third-order valence-electron chi connectivity index (χ3n) is 2.86. The Balaban J connectivity index is 4.14. The molecule has 9 heteroatoms. The topological polar surface area (TPSA) is 168 Å². The van der Waals surface area contributed by atoms with E-state index >= 15 is 0 Å². The Kier molecular flexibility index (Phi) is 10.4. The molecule has 9 nitrogen and oxygen atoms in total. The molecule has 0 aromatic heterocycles. The number of hydrogen-bond acceptors (Lipinski definition) is 9. The maximum atomic E-state index is 11.4. The first-order valence-corrected chi connectivity index (χ1v) is 6.63. The summed E-state index contributed by atoms with van der Waals surface area (Å²) in [5, 5.41) is 63.9. The van der Waals surface area contributed by atoms with Crippen LogP contribution in [0.3, 0.4) is 0 Å². The molecule has 7 N–H and O–H groups in total. The first kappa shape index (κ1) is 20.2. The fourth-order valence-corrected chi connectivity index (χ4v) is 1.50. The molecule has 0 aliphatic rings. The van der Waals surface area contributed by atoms with Crippen molar-refractivity contribution in [2.24, 2.45) is 0 Å². The van der Waals surface area contributed by atoms with Gasteiger partial charge in [0, 0.05) is 6.61 Å². The van der Waals surface area contributed by atoms with Crippen molar-refractivity contribution in [3.05, 3.63) is 0 Å². The summed E-state index contributed by atoms with van der Waals surface area (Å²) < 4.78 is 4.56. The minimum absolute atomic E-state index is 0.0114. The molecule has 0 bridgehead atoms. The van der Waals surface area contributed by atoms with Crippen molar-refractivity contribution in [1.82, 2.24) is 0 Å². The van der Waals surface area contributed by atoms with Gasteiger partial charge in [-0.3, -0.25) is 0 Å². The zero-order chi connectivity index (χ0) is 16.4. The molecule has 5 atom stereocenters. The lowest BCUT2D eigenvalue weighted by Crippen LogP contribution is -2.49. The third-order valence-corrected chi connectivity index (χ3v) is 2.86. The largest absolute Gasteiger partial charge is 0.461 e. The van der Waals surface area contributed by atoms with Crippen LogP contribution in [0.2, 0.25) is 0 Å². The molecule has 0 radical (unpaired) electrons. The molecule has 0 heterocycles. The highest BCUT2D eigenvalue weighted by Gasteiger charge is 2.35. The van der Waals surface area contributed by atoms with Crippen LogP contribution in [0.1, 0.15) is 19.3 Å². The highest BCUT2D eigenvalue weighted by molar-refractivity contribution is 5.75. The van der Waals surface area contributed by atoms with E-state index in [1.807, 2.05) is 0 Å². The molecular weight excluding hydrogens is 288 g/mol. The van der Waals surface area contributed by atoms with Crippen molar-refractivity contribution in [2.45, 2.75) is 49.8 Å². The molecule has 0 aromatic carbocycles. The number of carbonyl (C=O) groups excluding carboxylic acids is 1. The highest BCUT2D eigenvalue weighted by Crippen LogP contribution is 2.08. The molecule has 21 heavy (non-hydrogen) atoms. The third kappa shape index (κ3) is 7.67. The molecule has 0 saturated heterocycles. The molecule has 0 spiro atoms.